The van der Waals surface area contributed by atoms with E-state index in [-0.39, 0.29) is 23.4 Å². The van der Waals surface area contributed by atoms with Crippen molar-refractivity contribution < 1.29 is 17.7 Å². The molecule has 3 heterocycles. The Balaban J connectivity index is 1.30. The van der Waals surface area contributed by atoms with E-state index in [9.17, 15) is 13.2 Å². The number of aryl methyl sites for hydroxylation is 1. The van der Waals surface area contributed by atoms with Gasteiger partial charge in [0.1, 0.15) is 0 Å². The highest BCUT2D eigenvalue weighted by Gasteiger charge is 2.26. The molecule has 1 fully saturated rings. The zero-order valence-electron chi connectivity index (χ0n) is 19.3. The van der Waals surface area contributed by atoms with Crippen LogP contribution in [0.2, 0.25) is 0 Å². The molecule has 1 amide bonds. The van der Waals surface area contributed by atoms with E-state index >= 15 is 0 Å². The van der Waals surface area contributed by atoms with E-state index in [0.29, 0.717) is 30.6 Å². The SMILES string of the molecule is C=CC(=O)N1Cc2cn(Cc3cc(C)c4c(NS(=O)(=O)CC5CCCCC5)noc4c3)nc2C1. The van der Waals surface area contributed by atoms with Gasteiger partial charge in [-0.3, -0.25) is 14.2 Å². The molecule has 2 aliphatic rings. The number of sulfonamides is 1. The smallest absolute Gasteiger partial charge is 0.246 e. The maximum atomic E-state index is 12.7. The third kappa shape index (κ3) is 4.59. The summed E-state index contributed by atoms with van der Waals surface area (Å²) in [5.74, 6) is 0.481. The van der Waals surface area contributed by atoms with Gasteiger partial charge in [0.15, 0.2) is 11.4 Å². The number of anilines is 1. The zero-order valence-corrected chi connectivity index (χ0v) is 20.1. The monoisotopic (exact) mass is 483 g/mol. The van der Waals surface area contributed by atoms with Gasteiger partial charge in [0.2, 0.25) is 15.9 Å². The van der Waals surface area contributed by atoms with Crippen LogP contribution < -0.4 is 4.72 Å². The van der Waals surface area contributed by atoms with Gasteiger partial charge in [-0.25, -0.2) is 8.42 Å². The number of nitrogens with one attached hydrogen (secondary N) is 1. The minimum atomic E-state index is -3.50. The molecule has 0 atom stereocenters. The van der Waals surface area contributed by atoms with Crippen molar-refractivity contribution in [2.75, 3.05) is 10.5 Å². The zero-order chi connectivity index (χ0) is 23.9. The van der Waals surface area contributed by atoms with Crippen LogP contribution in [-0.4, -0.2) is 39.9 Å². The first-order valence-corrected chi connectivity index (χ1v) is 13.3. The molecular weight excluding hydrogens is 454 g/mol. The number of rotatable bonds is 7. The van der Waals surface area contributed by atoms with Gasteiger partial charge < -0.3 is 9.42 Å². The quantitative estimate of drug-likeness (QED) is 0.513. The standard InChI is InChI=1S/C24H29N5O4S/c1-3-22(30)28-12-19-13-29(25-20(19)14-28)11-18-9-16(2)23-21(10-18)33-26-24(23)27-34(31,32)15-17-7-5-4-6-8-17/h3,9-10,13,17H,1,4-8,11-12,14-15H2,2H3,(H,26,27). The van der Waals surface area contributed by atoms with Gasteiger partial charge in [-0.15, -0.1) is 0 Å². The van der Waals surface area contributed by atoms with Crippen LogP contribution in [0.25, 0.3) is 11.0 Å². The van der Waals surface area contributed by atoms with E-state index in [2.05, 4.69) is 21.6 Å². The Kier molecular flexibility index (Phi) is 5.93. The molecule has 1 aromatic carbocycles. The van der Waals surface area contributed by atoms with Crippen LogP contribution >= 0.6 is 0 Å². The van der Waals surface area contributed by atoms with Gasteiger partial charge in [-0.05, 0) is 49.0 Å². The third-order valence-corrected chi connectivity index (χ3v) is 8.14. The molecule has 5 rings (SSSR count). The second-order valence-electron chi connectivity index (χ2n) is 9.40. The molecule has 34 heavy (non-hydrogen) atoms. The van der Waals surface area contributed by atoms with Gasteiger partial charge in [0.25, 0.3) is 0 Å². The van der Waals surface area contributed by atoms with Crippen molar-refractivity contribution in [3.63, 3.8) is 0 Å². The normalized spacial score (nSPS) is 16.7. The number of nitrogens with zero attached hydrogens (tertiary/aromatic N) is 4. The molecule has 0 bridgehead atoms. The lowest BCUT2D eigenvalue weighted by molar-refractivity contribution is -0.126. The number of fused-ring (bicyclic) bond motifs is 2. The molecule has 1 N–H and O–H groups in total. The molecule has 0 saturated heterocycles. The summed E-state index contributed by atoms with van der Waals surface area (Å²) in [6, 6.07) is 3.87. The van der Waals surface area contributed by atoms with Crippen LogP contribution in [-0.2, 0) is 34.5 Å². The molecule has 2 aromatic heterocycles. The van der Waals surface area contributed by atoms with Crippen LogP contribution in [0.1, 0.15) is 54.5 Å². The molecule has 9 nitrogen and oxygen atoms in total. The van der Waals surface area contributed by atoms with Crippen molar-refractivity contribution in [2.45, 2.75) is 58.7 Å². The van der Waals surface area contributed by atoms with Crippen LogP contribution in [0.4, 0.5) is 5.82 Å². The van der Waals surface area contributed by atoms with Gasteiger partial charge in [-0.1, -0.05) is 37.1 Å². The summed E-state index contributed by atoms with van der Waals surface area (Å²) in [6.45, 7) is 7.00. The Morgan fingerprint density at radius 1 is 1.26 bits per heavy atom. The van der Waals surface area contributed by atoms with E-state index in [1.54, 1.807) is 4.90 Å². The number of amides is 1. The Morgan fingerprint density at radius 3 is 2.79 bits per heavy atom. The van der Waals surface area contributed by atoms with E-state index in [4.69, 9.17) is 4.52 Å². The minimum Gasteiger partial charge on any atom is -0.354 e. The molecule has 0 radical (unpaired) electrons. The second-order valence-corrected chi connectivity index (χ2v) is 11.2. The number of carbonyl (C=O) groups is 1. The van der Waals surface area contributed by atoms with Gasteiger partial charge in [0, 0.05) is 18.3 Å². The largest absolute Gasteiger partial charge is 0.354 e. The minimum absolute atomic E-state index is 0.0962. The molecule has 3 aromatic rings. The number of carbonyl (C=O) groups excluding carboxylic acids is 1. The molecule has 0 spiro atoms. The summed E-state index contributed by atoms with van der Waals surface area (Å²) in [5.41, 5.74) is 4.31. The van der Waals surface area contributed by atoms with E-state index in [1.807, 2.05) is 29.9 Å². The molecular formula is C24H29N5O4S. The van der Waals surface area contributed by atoms with Crippen molar-refractivity contribution in [3.05, 3.63) is 53.4 Å². The van der Waals surface area contributed by atoms with Crippen LogP contribution in [0.15, 0.2) is 35.5 Å². The van der Waals surface area contributed by atoms with E-state index in [0.717, 1.165) is 48.1 Å². The average Bonchev–Trinajstić information content (AvgIpc) is 3.47. The molecule has 10 heteroatoms. The first kappa shape index (κ1) is 22.6. The Bertz CT molecular complexity index is 1330. The van der Waals surface area contributed by atoms with Crippen molar-refractivity contribution in [1.29, 1.82) is 0 Å². The predicted molar refractivity (Wildman–Crippen MR) is 129 cm³/mol. The fourth-order valence-electron chi connectivity index (χ4n) is 5.12. The van der Waals surface area contributed by atoms with Crippen molar-refractivity contribution in [1.82, 2.24) is 19.8 Å². The topological polar surface area (TPSA) is 110 Å². The van der Waals surface area contributed by atoms with Crippen molar-refractivity contribution >= 4 is 32.7 Å². The van der Waals surface area contributed by atoms with E-state index in [1.165, 1.54) is 12.5 Å². The fourth-order valence-corrected chi connectivity index (χ4v) is 6.59. The van der Waals surface area contributed by atoms with E-state index < -0.39 is 10.0 Å². The Morgan fingerprint density at radius 2 is 2.06 bits per heavy atom. The van der Waals surface area contributed by atoms with Crippen LogP contribution in [0.5, 0.6) is 0 Å². The molecule has 1 saturated carbocycles. The highest BCUT2D eigenvalue weighted by Crippen LogP contribution is 2.31. The summed E-state index contributed by atoms with van der Waals surface area (Å²) in [6.07, 6.45) is 8.58. The number of aromatic nitrogens is 3. The number of hydrogen-bond donors (Lipinski definition) is 1. The summed E-state index contributed by atoms with van der Waals surface area (Å²) >= 11 is 0. The predicted octanol–water partition coefficient (Wildman–Crippen LogP) is 3.73. The molecule has 0 unspecified atom stereocenters. The molecule has 180 valence electrons. The number of benzene rings is 1. The second kappa shape index (κ2) is 8.90. The third-order valence-electron chi connectivity index (χ3n) is 6.72. The van der Waals surface area contributed by atoms with Crippen LogP contribution in [0.3, 0.4) is 0 Å². The van der Waals surface area contributed by atoms with Crippen LogP contribution in [0, 0.1) is 12.8 Å². The van der Waals surface area contributed by atoms with Crippen molar-refractivity contribution in [3.8, 4) is 0 Å². The lowest BCUT2D eigenvalue weighted by Crippen LogP contribution is -2.24. The average molecular weight is 484 g/mol. The maximum absolute atomic E-state index is 12.7. The highest BCUT2D eigenvalue weighted by molar-refractivity contribution is 7.92. The lowest BCUT2D eigenvalue weighted by Gasteiger charge is -2.21. The summed E-state index contributed by atoms with van der Waals surface area (Å²) in [5, 5.41) is 9.32. The van der Waals surface area contributed by atoms with Gasteiger partial charge in [0.05, 0.1) is 29.9 Å². The fraction of sp³-hybridized carbons (Fsp3) is 0.458. The summed E-state index contributed by atoms with van der Waals surface area (Å²) < 4.78 is 35.5. The Labute approximate surface area is 198 Å². The highest BCUT2D eigenvalue weighted by atomic mass is 32.2. The number of hydrogen-bond acceptors (Lipinski definition) is 6. The summed E-state index contributed by atoms with van der Waals surface area (Å²) in [4.78, 5) is 13.5. The van der Waals surface area contributed by atoms with Gasteiger partial charge >= 0.3 is 0 Å². The first-order chi connectivity index (χ1) is 16.3. The maximum Gasteiger partial charge on any atom is 0.246 e. The summed E-state index contributed by atoms with van der Waals surface area (Å²) in [7, 11) is -3.50. The van der Waals surface area contributed by atoms with Crippen molar-refractivity contribution in [2.24, 2.45) is 5.92 Å². The lowest BCUT2D eigenvalue weighted by atomic mass is 9.91. The first-order valence-electron chi connectivity index (χ1n) is 11.7. The van der Waals surface area contributed by atoms with Gasteiger partial charge in [-0.2, -0.15) is 5.10 Å². The Hall–Kier alpha value is -3.14. The molecule has 1 aliphatic heterocycles. The molecule has 1 aliphatic carbocycles.